The Morgan fingerprint density at radius 1 is 1.37 bits per heavy atom. The van der Waals surface area contributed by atoms with Crippen LogP contribution >= 0.6 is 0 Å². The molecule has 2 aromatic rings. The molecule has 30 heavy (non-hydrogen) atoms. The second kappa shape index (κ2) is 10.7. The number of rotatable bonds is 9. The molecule has 1 aromatic carbocycles. The summed E-state index contributed by atoms with van der Waals surface area (Å²) >= 11 is 0. The average molecular weight is 420 g/mol. The third-order valence-corrected chi connectivity index (χ3v) is 3.96. The Balaban J connectivity index is 2.16. The summed E-state index contributed by atoms with van der Waals surface area (Å²) < 4.78 is 51.5. The lowest BCUT2D eigenvalue weighted by atomic mass is 9.96. The number of hydrogen-bond acceptors (Lipinski definition) is 5. The number of benzene rings is 1. The molecule has 4 N–H and O–H groups in total. The van der Waals surface area contributed by atoms with Gasteiger partial charge in [-0.2, -0.15) is 0 Å². The number of carbonyl (C=O) groups excluding carboxylic acids is 1. The summed E-state index contributed by atoms with van der Waals surface area (Å²) in [6.45, 7) is -1.12. The maximum atomic E-state index is 14.2. The number of carbonyl (C=O) groups is 1. The number of alkyl halides is 1. The molecular formula is C20H19F3N4O3. The standard InChI is InChI=1S/C20H19F3N4O3/c1-2-6-29-14-3-4-17(26-11-14)19(28)27-13-8-15(18(23)16(22)9-13)12(10-21)5-7-30-20(24)25/h1,3-4,8-9,11-12H,5-7,10H2,(H3,24,25)(H,27,28). The van der Waals surface area contributed by atoms with Gasteiger partial charge in [-0.25, -0.2) is 13.8 Å². The van der Waals surface area contributed by atoms with Gasteiger partial charge >= 0.3 is 0 Å². The lowest BCUT2D eigenvalue weighted by molar-refractivity contribution is 0.102. The van der Waals surface area contributed by atoms with E-state index in [9.17, 15) is 18.0 Å². The van der Waals surface area contributed by atoms with Gasteiger partial charge in [0.15, 0.2) is 11.6 Å². The molecule has 1 unspecified atom stereocenters. The average Bonchev–Trinajstić information content (AvgIpc) is 2.72. The largest absolute Gasteiger partial charge is 0.479 e. The van der Waals surface area contributed by atoms with Gasteiger partial charge in [0.05, 0.1) is 19.5 Å². The fourth-order valence-electron chi connectivity index (χ4n) is 2.53. The first-order valence-corrected chi connectivity index (χ1v) is 8.71. The number of terminal acetylenes is 1. The molecule has 0 radical (unpaired) electrons. The SMILES string of the molecule is C#CCOc1ccc(C(=O)Nc2cc(F)c(F)c(C(CF)CCOC(=N)N)c2)nc1. The van der Waals surface area contributed by atoms with E-state index < -0.39 is 36.2 Å². The van der Waals surface area contributed by atoms with Crippen molar-refractivity contribution >= 4 is 17.6 Å². The Morgan fingerprint density at radius 2 is 2.13 bits per heavy atom. The molecule has 1 aromatic heterocycles. The van der Waals surface area contributed by atoms with Crippen LogP contribution < -0.4 is 15.8 Å². The number of amides is 1. The molecule has 0 aliphatic carbocycles. The Labute approximate surface area is 170 Å². The molecule has 0 aliphatic heterocycles. The van der Waals surface area contributed by atoms with E-state index in [2.05, 4.69) is 16.2 Å². The summed E-state index contributed by atoms with van der Waals surface area (Å²) in [4.78, 5) is 16.3. The predicted molar refractivity (Wildman–Crippen MR) is 104 cm³/mol. The van der Waals surface area contributed by atoms with Crippen LogP contribution in [-0.4, -0.2) is 36.8 Å². The quantitative estimate of drug-likeness (QED) is 0.328. The van der Waals surface area contributed by atoms with Gasteiger partial charge in [-0.15, -0.1) is 6.42 Å². The smallest absolute Gasteiger partial charge is 0.278 e. The van der Waals surface area contributed by atoms with Crippen LogP contribution in [0.5, 0.6) is 5.75 Å². The van der Waals surface area contributed by atoms with E-state index in [0.29, 0.717) is 5.75 Å². The van der Waals surface area contributed by atoms with Gasteiger partial charge in [0.25, 0.3) is 11.9 Å². The number of pyridine rings is 1. The molecule has 158 valence electrons. The van der Waals surface area contributed by atoms with Crippen molar-refractivity contribution in [2.75, 3.05) is 25.2 Å². The minimum atomic E-state index is -1.25. The van der Waals surface area contributed by atoms with Crippen molar-refractivity contribution in [3.63, 3.8) is 0 Å². The van der Waals surface area contributed by atoms with Gasteiger partial charge in [0, 0.05) is 17.7 Å². The number of hydrogen-bond donors (Lipinski definition) is 3. The Bertz CT molecular complexity index is 946. The summed E-state index contributed by atoms with van der Waals surface area (Å²) in [5, 5.41) is 9.37. The third-order valence-electron chi connectivity index (χ3n) is 3.96. The van der Waals surface area contributed by atoms with E-state index in [-0.39, 0.29) is 36.6 Å². The summed E-state index contributed by atoms with van der Waals surface area (Å²) in [5.41, 5.74) is 4.69. The van der Waals surface area contributed by atoms with Crippen molar-refractivity contribution in [2.45, 2.75) is 12.3 Å². The third kappa shape index (κ3) is 6.13. The molecule has 7 nitrogen and oxygen atoms in total. The molecule has 1 atom stereocenters. The first-order chi connectivity index (χ1) is 14.3. The normalized spacial score (nSPS) is 11.3. The van der Waals surface area contributed by atoms with E-state index >= 15 is 0 Å². The van der Waals surface area contributed by atoms with Crippen LogP contribution in [0, 0.1) is 29.4 Å². The van der Waals surface area contributed by atoms with Crippen molar-refractivity contribution in [3.05, 3.63) is 53.4 Å². The van der Waals surface area contributed by atoms with Crippen molar-refractivity contribution in [2.24, 2.45) is 5.73 Å². The first-order valence-electron chi connectivity index (χ1n) is 8.71. The number of nitrogens with zero attached hydrogens (tertiary/aromatic N) is 1. The molecular weight excluding hydrogens is 401 g/mol. The lowest BCUT2D eigenvalue weighted by Crippen LogP contribution is -2.18. The zero-order chi connectivity index (χ0) is 22.1. The van der Waals surface area contributed by atoms with Crippen molar-refractivity contribution < 1.29 is 27.4 Å². The number of nitrogens with one attached hydrogen (secondary N) is 2. The molecule has 0 saturated heterocycles. The van der Waals surface area contributed by atoms with E-state index in [1.165, 1.54) is 18.3 Å². The van der Waals surface area contributed by atoms with Gasteiger partial charge in [0.1, 0.15) is 18.1 Å². The van der Waals surface area contributed by atoms with Gasteiger partial charge in [-0.05, 0) is 30.2 Å². The monoisotopic (exact) mass is 420 g/mol. The van der Waals surface area contributed by atoms with Gasteiger partial charge in [-0.3, -0.25) is 14.6 Å². The topological polar surface area (TPSA) is 110 Å². The molecule has 1 heterocycles. The highest BCUT2D eigenvalue weighted by atomic mass is 19.2. The van der Waals surface area contributed by atoms with Crippen LogP contribution in [0.3, 0.4) is 0 Å². The maximum Gasteiger partial charge on any atom is 0.278 e. The second-order valence-electron chi connectivity index (χ2n) is 6.04. The fraction of sp³-hybridized carbons (Fsp3) is 0.250. The summed E-state index contributed by atoms with van der Waals surface area (Å²) in [5.74, 6) is -1.58. The second-order valence-corrected chi connectivity index (χ2v) is 6.04. The minimum Gasteiger partial charge on any atom is -0.479 e. The van der Waals surface area contributed by atoms with Gasteiger partial charge < -0.3 is 20.5 Å². The van der Waals surface area contributed by atoms with Crippen molar-refractivity contribution in [3.8, 4) is 18.1 Å². The van der Waals surface area contributed by atoms with E-state index in [1.54, 1.807) is 0 Å². The van der Waals surface area contributed by atoms with Crippen LogP contribution in [0.15, 0.2) is 30.5 Å². The molecule has 10 heteroatoms. The fourth-order valence-corrected chi connectivity index (χ4v) is 2.53. The number of amidine groups is 1. The number of anilines is 1. The molecule has 1 amide bonds. The summed E-state index contributed by atoms with van der Waals surface area (Å²) in [6.07, 6.45) is 6.32. The van der Waals surface area contributed by atoms with Crippen LogP contribution in [0.2, 0.25) is 0 Å². The zero-order valence-corrected chi connectivity index (χ0v) is 15.8. The molecule has 0 spiro atoms. The number of nitrogens with two attached hydrogens (primary N) is 1. The molecule has 2 rings (SSSR count). The predicted octanol–water partition coefficient (Wildman–Crippen LogP) is 2.98. The maximum absolute atomic E-state index is 14.2. The number of ether oxygens (including phenoxy) is 2. The van der Waals surface area contributed by atoms with E-state index in [0.717, 1.165) is 12.1 Å². The zero-order valence-electron chi connectivity index (χ0n) is 15.8. The summed E-state index contributed by atoms with van der Waals surface area (Å²) in [7, 11) is 0. The Kier molecular flexibility index (Phi) is 8.05. The van der Waals surface area contributed by atoms with Crippen molar-refractivity contribution in [1.82, 2.24) is 4.98 Å². The van der Waals surface area contributed by atoms with Gasteiger partial charge in [0.2, 0.25) is 0 Å². The van der Waals surface area contributed by atoms with Crippen LogP contribution in [0.1, 0.15) is 28.4 Å². The van der Waals surface area contributed by atoms with Gasteiger partial charge in [-0.1, -0.05) is 5.92 Å². The highest BCUT2D eigenvalue weighted by Gasteiger charge is 2.21. The van der Waals surface area contributed by atoms with Crippen LogP contribution in [0.25, 0.3) is 0 Å². The van der Waals surface area contributed by atoms with E-state index in [4.69, 9.17) is 27.0 Å². The minimum absolute atomic E-state index is 0.00811. The summed E-state index contributed by atoms with van der Waals surface area (Å²) in [6, 6.07) is 4.19. The number of aromatic nitrogens is 1. The molecule has 0 fully saturated rings. The van der Waals surface area contributed by atoms with E-state index in [1.807, 2.05) is 0 Å². The molecule has 0 aliphatic rings. The highest BCUT2D eigenvalue weighted by molar-refractivity contribution is 6.02. The lowest BCUT2D eigenvalue weighted by Gasteiger charge is -2.17. The Hall–Kier alpha value is -3.74. The molecule has 0 bridgehead atoms. The first kappa shape index (κ1) is 22.5. The number of halogens is 3. The van der Waals surface area contributed by atoms with Crippen molar-refractivity contribution in [1.29, 1.82) is 5.41 Å². The molecule has 0 saturated carbocycles. The van der Waals surface area contributed by atoms with Crippen LogP contribution in [0.4, 0.5) is 18.9 Å². The van der Waals surface area contributed by atoms with Crippen LogP contribution in [-0.2, 0) is 4.74 Å². The Morgan fingerprint density at radius 3 is 2.73 bits per heavy atom. The highest BCUT2D eigenvalue weighted by Crippen LogP contribution is 2.28.